The number of methoxy groups -OCH3 is 2. The van der Waals surface area contributed by atoms with Gasteiger partial charge in [-0.25, -0.2) is 14.2 Å². The minimum atomic E-state index is -4.23. The smallest absolute Gasteiger partial charge is 0.389 e. The molecular formula is C49H60N5O14PS3. The van der Waals surface area contributed by atoms with Crippen molar-refractivity contribution in [1.29, 1.82) is 0 Å². The molecule has 0 saturated carbocycles. The van der Waals surface area contributed by atoms with Crippen molar-refractivity contribution in [1.82, 2.24) is 24.0 Å². The highest BCUT2D eigenvalue weighted by Gasteiger charge is 2.48. The van der Waals surface area contributed by atoms with Crippen molar-refractivity contribution in [3.05, 3.63) is 161 Å². The van der Waals surface area contributed by atoms with E-state index in [-0.39, 0.29) is 30.6 Å². The summed E-state index contributed by atoms with van der Waals surface area (Å²) in [4.78, 5) is 58.3. The van der Waals surface area contributed by atoms with E-state index in [2.05, 4.69) is 14.9 Å². The Balaban J connectivity index is 1.12. The molecular weight excluding hydrogens is 1010 g/mol. The predicted molar refractivity (Wildman–Crippen MR) is 277 cm³/mol. The van der Waals surface area contributed by atoms with Gasteiger partial charge in [-0.05, 0) is 66.2 Å². The fourth-order valence-corrected chi connectivity index (χ4v) is 15.1. The number of nitrogens with one attached hydrogen (secondary N) is 2. The van der Waals surface area contributed by atoms with Crippen molar-refractivity contribution < 1.29 is 47.1 Å². The molecule has 2 aromatic heterocycles. The molecule has 388 valence electrons. The molecule has 0 radical (unpaired) electrons. The summed E-state index contributed by atoms with van der Waals surface area (Å²) in [5.41, 5.74) is -1.05. The first-order chi connectivity index (χ1) is 34.8. The number of aromatic nitrogens is 4. The summed E-state index contributed by atoms with van der Waals surface area (Å²) in [5.74, 6) is 3.07. The molecule has 3 aliphatic heterocycles. The van der Waals surface area contributed by atoms with Gasteiger partial charge in [0.15, 0.2) is 0 Å². The number of aryl methyl sites for hydroxylation is 2. The zero-order valence-electron chi connectivity index (χ0n) is 40.4. The van der Waals surface area contributed by atoms with Crippen LogP contribution < -0.4 is 32.0 Å². The molecule has 3 fully saturated rings. The lowest BCUT2D eigenvalue weighted by molar-refractivity contribution is -0.0978. The van der Waals surface area contributed by atoms with Gasteiger partial charge in [-0.15, -0.1) is 0 Å². The SMILES string of the molecule is COc1ccc(C(O[C@@H]2C[C@H](n3cc(C)c(=O)[nH]c3=O)O[C@@H]2COP(=O)(O[C@@H]2C[C@H](n3cc(C)c(=O)[nH]c3=O)O[C@@H]2CO)SCCSSCCN2CCOCC2)(c2ccccc2)c2ccc(OC)cc2)cc1. The maximum atomic E-state index is 15.4. The van der Waals surface area contributed by atoms with Crippen molar-refractivity contribution in [2.75, 3.05) is 77.5 Å². The molecule has 19 nitrogen and oxygen atoms in total. The van der Waals surface area contributed by atoms with Crippen LogP contribution in [0.25, 0.3) is 0 Å². The molecule has 0 bridgehead atoms. The summed E-state index contributed by atoms with van der Waals surface area (Å²) in [6, 6.07) is 24.7. The second kappa shape index (κ2) is 24.7. The van der Waals surface area contributed by atoms with Gasteiger partial charge < -0.3 is 33.5 Å². The van der Waals surface area contributed by atoms with E-state index in [1.807, 2.05) is 78.9 Å². The Bertz CT molecular complexity index is 2820. The third kappa shape index (κ3) is 12.7. The minimum absolute atomic E-state index is 0.0117. The van der Waals surface area contributed by atoms with Gasteiger partial charge >= 0.3 is 18.2 Å². The van der Waals surface area contributed by atoms with Crippen LogP contribution in [0.15, 0.2) is 110 Å². The second-order valence-corrected chi connectivity index (χ2v) is 24.2. The van der Waals surface area contributed by atoms with E-state index in [0.717, 1.165) is 66.7 Å². The molecule has 23 heteroatoms. The van der Waals surface area contributed by atoms with E-state index in [0.29, 0.717) is 23.0 Å². The fourth-order valence-electron chi connectivity index (χ4n) is 8.87. The molecule has 5 heterocycles. The highest BCUT2D eigenvalue weighted by molar-refractivity contribution is 8.76. The molecule has 1 unspecified atom stereocenters. The molecule has 0 aliphatic carbocycles. The van der Waals surface area contributed by atoms with Crippen LogP contribution in [0.3, 0.4) is 0 Å². The Morgan fingerprint density at radius 2 is 1.24 bits per heavy atom. The van der Waals surface area contributed by atoms with E-state index in [4.69, 9.17) is 37.5 Å². The van der Waals surface area contributed by atoms with E-state index in [1.165, 1.54) is 21.5 Å². The summed E-state index contributed by atoms with van der Waals surface area (Å²) in [5, 5.41) is 10.5. The molecule has 3 aliphatic rings. The number of H-pyrrole nitrogens is 2. The molecule has 7 atom stereocenters. The average molecular weight is 1070 g/mol. The average Bonchev–Trinajstić information content (AvgIpc) is 4.00. The van der Waals surface area contributed by atoms with E-state index >= 15 is 4.57 Å². The Hall–Kier alpha value is -4.42. The van der Waals surface area contributed by atoms with Gasteiger partial charge in [0.25, 0.3) is 11.1 Å². The Morgan fingerprint density at radius 3 is 1.79 bits per heavy atom. The van der Waals surface area contributed by atoms with Gasteiger partial charge in [-0.2, -0.15) is 0 Å². The monoisotopic (exact) mass is 1070 g/mol. The van der Waals surface area contributed by atoms with Gasteiger partial charge in [0.05, 0.1) is 46.8 Å². The van der Waals surface area contributed by atoms with Crippen LogP contribution in [-0.2, 0) is 38.2 Å². The summed E-state index contributed by atoms with van der Waals surface area (Å²) < 4.78 is 67.7. The van der Waals surface area contributed by atoms with Crippen molar-refractivity contribution in [3.63, 3.8) is 0 Å². The second-order valence-electron chi connectivity index (χ2n) is 17.3. The first-order valence-corrected chi connectivity index (χ1v) is 29.2. The summed E-state index contributed by atoms with van der Waals surface area (Å²) in [7, 11) is 6.52. The van der Waals surface area contributed by atoms with Crippen molar-refractivity contribution in [2.45, 2.75) is 69.2 Å². The van der Waals surface area contributed by atoms with Crippen LogP contribution in [0.1, 0.15) is 53.1 Å². The van der Waals surface area contributed by atoms with Crippen LogP contribution in [0.4, 0.5) is 0 Å². The molecule has 3 N–H and O–H groups in total. The number of benzene rings is 3. The number of rotatable bonds is 23. The zero-order chi connectivity index (χ0) is 50.8. The van der Waals surface area contributed by atoms with Crippen molar-refractivity contribution in [2.24, 2.45) is 0 Å². The summed E-state index contributed by atoms with van der Waals surface area (Å²) in [6.45, 7) is 2.17. The number of aromatic amines is 2. The van der Waals surface area contributed by atoms with Crippen LogP contribution in [0, 0.1) is 13.8 Å². The van der Waals surface area contributed by atoms with E-state index in [1.54, 1.807) is 49.7 Å². The predicted octanol–water partition coefficient (Wildman–Crippen LogP) is 5.62. The molecule has 3 aromatic carbocycles. The number of aliphatic hydroxyl groups is 1. The Morgan fingerprint density at radius 1 is 0.708 bits per heavy atom. The van der Waals surface area contributed by atoms with Gasteiger partial charge in [0.2, 0.25) is 0 Å². The van der Waals surface area contributed by atoms with E-state index < -0.39 is 78.4 Å². The third-order valence-electron chi connectivity index (χ3n) is 12.7. The number of ether oxygens (including phenoxy) is 6. The molecule has 0 amide bonds. The van der Waals surface area contributed by atoms with Crippen LogP contribution in [-0.4, -0.2) is 131 Å². The largest absolute Gasteiger partial charge is 0.497 e. The number of aliphatic hydroxyl groups excluding tert-OH is 1. The minimum Gasteiger partial charge on any atom is -0.497 e. The number of nitrogens with zero attached hydrogens (tertiary/aromatic N) is 3. The number of morpholine rings is 1. The highest BCUT2D eigenvalue weighted by Crippen LogP contribution is 2.63. The van der Waals surface area contributed by atoms with Crippen molar-refractivity contribution >= 4 is 39.8 Å². The third-order valence-corrected chi connectivity index (χ3v) is 19.1. The lowest BCUT2D eigenvalue weighted by Gasteiger charge is -2.39. The number of hydrogen-bond acceptors (Lipinski definition) is 18. The standard InChI is InChI=1S/C49H60N5O14PS3/c1-32-28-53(47(58)50-45(32)56)43-26-39(67-49(34-8-6-5-7-9-34,35-10-14-37(61-3)15-11-35)36-12-16-38(62-4)17-13-36)42(66-43)31-64-69(60,70-24-25-72-71-23-20-52-18-21-63-22-19-52)68-40-27-44(65-41(40)30-55)54-29-33(2)46(57)51-48(54)59/h5-17,28-29,39-44,55H,18-27,30-31H2,1-4H3,(H,50,56,58)(H,51,57,59)/t39-,40-,41-,42-,43-,44-,69?/m1/s1. The molecule has 3 saturated heterocycles. The van der Waals surface area contributed by atoms with Gasteiger partial charge in [-0.1, -0.05) is 76.2 Å². The zero-order valence-corrected chi connectivity index (χ0v) is 43.7. The van der Waals surface area contributed by atoms with Gasteiger partial charge in [0, 0.05) is 73.3 Å². The molecule has 72 heavy (non-hydrogen) atoms. The summed E-state index contributed by atoms with van der Waals surface area (Å²) in [6.07, 6.45) is -3.01. The molecule has 8 rings (SSSR count). The van der Waals surface area contributed by atoms with Gasteiger partial charge in [0.1, 0.15) is 47.9 Å². The topological polar surface area (TPSA) is 224 Å². The Kier molecular flexibility index (Phi) is 18.5. The van der Waals surface area contributed by atoms with E-state index in [9.17, 15) is 24.3 Å². The van der Waals surface area contributed by atoms with Crippen molar-refractivity contribution in [3.8, 4) is 11.5 Å². The van der Waals surface area contributed by atoms with Crippen LogP contribution in [0.2, 0.25) is 0 Å². The van der Waals surface area contributed by atoms with Gasteiger partial charge in [-0.3, -0.25) is 42.6 Å². The summed E-state index contributed by atoms with van der Waals surface area (Å²) >= 11 is 0.994. The lowest BCUT2D eigenvalue weighted by Crippen LogP contribution is -2.41. The first kappa shape index (κ1) is 53.9. The number of hydrogen-bond donors (Lipinski definition) is 3. The molecule has 0 spiro atoms. The highest BCUT2D eigenvalue weighted by atomic mass is 33.1. The van der Waals surface area contributed by atoms with Crippen LogP contribution >= 0.6 is 39.8 Å². The molecule has 5 aromatic rings. The maximum absolute atomic E-state index is 15.4. The maximum Gasteiger partial charge on any atom is 0.389 e. The lowest BCUT2D eigenvalue weighted by atomic mass is 9.79. The van der Waals surface area contributed by atoms with Crippen LogP contribution in [0.5, 0.6) is 11.5 Å². The first-order valence-electron chi connectivity index (χ1n) is 23.5. The normalized spacial score (nSPS) is 22.5. The fraction of sp³-hybridized carbons (Fsp3) is 0.469. The Labute approximate surface area is 427 Å². The quantitative estimate of drug-likeness (QED) is 0.0312.